The Labute approximate surface area is 333 Å². The molecule has 0 radical (unpaired) electrons. The van der Waals surface area contributed by atoms with Crippen molar-refractivity contribution in [3.8, 4) is 22.5 Å². The van der Waals surface area contributed by atoms with Crippen LogP contribution in [0.1, 0.15) is 23.2 Å². The van der Waals surface area contributed by atoms with Crippen LogP contribution in [0.2, 0.25) is 0 Å². The predicted octanol–water partition coefficient (Wildman–Crippen LogP) is 14.7. The highest BCUT2D eigenvalue weighted by atomic mass is 16.3. The standard InChI is InChI=1S/C54H34N2O2/c1-5-16-47-39(12-1)43-28-33(35-22-26-53-45(30-35)41-14-3-7-18-51(41)57-53)20-24-49(43)55(47)37-10-9-11-38(32-37)56-48-17-6-2-13-40(48)44-29-34(21-25-50(44)56)36-23-27-54-46(31-36)42-15-4-8-19-52(42)58-54/h1-20,22-24,26-32H,21,25H2. The number of hydrogen-bond donors (Lipinski definition) is 0. The topological polar surface area (TPSA) is 36.1 Å². The van der Waals surface area contributed by atoms with Crippen molar-refractivity contribution in [2.75, 3.05) is 0 Å². The summed E-state index contributed by atoms with van der Waals surface area (Å²) >= 11 is 0. The van der Waals surface area contributed by atoms with Crippen molar-refractivity contribution in [3.63, 3.8) is 0 Å². The first-order chi connectivity index (χ1) is 28.7. The predicted molar refractivity (Wildman–Crippen MR) is 240 cm³/mol. The van der Waals surface area contributed by atoms with Gasteiger partial charge in [0, 0.05) is 60.3 Å². The molecule has 0 saturated heterocycles. The SMILES string of the molecule is C1=C(c2ccc3oc4ccccc4c3c2)CCc2c1c1ccccc1n2-c1cccc(-n2c3ccccc3c3cc(-c4ccc5oc6ccccc6c5c4)ccc32)c1. The second-order valence-electron chi connectivity index (χ2n) is 15.6. The fourth-order valence-corrected chi connectivity index (χ4v) is 9.78. The lowest BCUT2D eigenvalue weighted by Crippen LogP contribution is -2.06. The van der Waals surface area contributed by atoms with Crippen molar-refractivity contribution in [1.82, 2.24) is 9.13 Å². The van der Waals surface area contributed by atoms with Crippen LogP contribution >= 0.6 is 0 Å². The Bertz CT molecular complexity index is 3700. The molecule has 0 N–H and O–H groups in total. The number of furan rings is 2. The molecule has 4 heteroatoms. The molecule has 0 bridgehead atoms. The van der Waals surface area contributed by atoms with Gasteiger partial charge in [-0.1, -0.05) is 97.1 Å². The van der Waals surface area contributed by atoms with Gasteiger partial charge in [0.25, 0.3) is 0 Å². The van der Waals surface area contributed by atoms with E-state index in [1.165, 1.54) is 77.3 Å². The Kier molecular flexibility index (Phi) is 6.53. The van der Waals surface area contributed by atoms with E-state index in [0.29, 0.717) is 0 Å². The molecule has 58 heavy (non-hydrogen) atoms. The quantitative estimate of drug-likeness (QED) is 0.180. The van der Waals surface area contributed by atoms with E-state index in [1.807, 2.05) is 24.3 Å². The van der Waals surface area contributed by atoms with Crippen LogP contribution in [0.25, 0.3) is 111 Å². The molecule has 0 aliphatic heterocycles. The van der Waals surface area contributed by atoms with E-state index >= 15 is 0 Å². The number of aromatic nitrogens is 2. The number of benzene rings is 8. The zero-order chi connectivity index (χ0) is 37.9. The second kappa shape index (κ2) is 12.0. The van der Waals surface area contributed by atoms with E-state index in [9.17, 15) is 0 Å². The maximum absolute atomic E-state index is 6.16. The summed E-state index contributed by atoms with van der Waals surface area (Å²) in [6.45, 7) is 0. The third-order valence-corrected chi connectivity index (χ3v) is 12.4. The Morgan fingerprint density at radius 2 is 0.862 bits per heavy atom. The number of allylic oxidation sites excluding steroid dienone is 1. The highest BCUT2D eigenvalue weighted by molar-refractivity contribution is 6.12. The Morgan fingerprint density at radius 1 is 0.345 bits per heavy atom. The lowest BCUT2D eigenvalue weighted by molar-refractivity contribution is 0.668. The maximum Gasteiger partial charge on any atom is 0.135 e. The second-order valence-corrected chi connectivity index (χ2v) is 15.6. The summed E-state index contributed by atoms with van der Waals surface area (Å²) in [6.07, 6.45) is 4.34. The molecule has 0 saturated carbocycles. The van der Waals surface area contributed by atoms with Gasteiger partial charge < -0.3 is 18.0 Å². The third-order valence-electron chi connectivity index (χ3n) is 12.4. The van der Waals surface area contributed by atoms with Gasteiger partial charge in [0.1, 0.15) is 22.3 Å². The minimum Gasteiger partial charge on any atom is -0.456 e. The largest absolute Gasteiger partial charge is 0.456 e. The van der Waals surface area contributed by atoms with E-state index in [1.54, 1.807) is 0 Å². The molecule has 0 spiro atoms. The zero-order valence-corrected chi connectivity index (χ0v) is 31.4. The van der Waals surface area contributed by atoms with E-state index in [0.717, 1.165) is 57.0 Å². The highest BCUT2D eigenvalue weighted by Crippen LogP contribution is 2.42. The number of fused-ring (bicyclic) bond motifs is 12. The van der Waals surface area contributed by atoms with Crippen LogP contribution in [0.5, 0.6) is 0 Å². The highest BCUT2D eigenvalue weighted by Gasteiger charge is 2.23. The molecule has 4 nitrogen and oxygen atoms in total. The molecule has 13 rings (SSSR count). The number of hydrogen-bond acceptors (Lipinski definition) is 2. The van der Waals surface area contributed by atoms with Crippen LogP contribution < -0.4 is 0 Å². The minimum absolute atomic E-state index is 0.914. The normalized spacial score (nSPS) is 13.1. The number of para-hydroxylation sites is 4. The molecule has 0 fully saturated rings. The molecule has 0 unspecified atom stereocenters. The van der Waals surface area contributed by atoms with Crippen LogP contribution in [0.4, 0.5) is 0 Å². The Balaban J connectivity index is 0.937. The van der Waals surface area contributed by atoms with Gasteiger partial charge in [0.2, 0.25) is 0 Å². The minimum atomic E-state index is 0.914. The summed E-state index contributed by atoms with van der Waals surface area (Å²) in [4.78, 5) is 0. The molecular formula is C54H34N2O2. The van der Waals surface area contributed by atoms with Crippen molar-refractivity contribution in [3.05, 3.63) is 193 Å². The Hall–Kier alpha value is -7.56. The molecule has 8 aromatic carbocycles. The van der Waals surface area contributed by atoms with E-state index in [2.05, 4.69) is 167 Å². The average molecular weight is 743 g/mol. The van der Waals surface area contributed by atoms with Crippen molar-refractivity contribution in [2.24, 2.45) is 0 Å². The van der Waals surface area contributed by atoms with Gasteiger partial charge in [0.15, 0.2) is 0 Å². The van der Waals surface area contributed by atoms with Gasteiger partial charge in [-0.25, -0.2) is 0 Å². The molecule has 272 valence electrons. The fourth-order valence-electron chi connectivity index (χ4n) is 9.78. The van der Waals surface area contributed by atoms with E-state index in [4.69, 9.17) is 8.83 Å². The third kappa shape index (κ3) is 4.57. The number of nitrogens with zero attached hydrogens (tertiary/aromatic N) is 2. The van der Waals surface area contributed by atoms with Gasteiger partial charge >= 0.3 is 0 Å². The van der Waals surface area contributed by atoms with Gasteiger partial charge in [-0.3, -0.25) is 0 Å². The molecule has 0 atom stereocenters. The molecule has 0 amide bonds. The van der Waals surface area contributed by atoms with Crippen LogP contribution in [0.15, 0.2) is 185 Å². The molecule has 12 aromatic rings. The summed E-state index contributed by atoms with van der Waals surface area (Å²) in [5.74, 6) is 0. The molecule has 4 aromatic heterocycles. The zero-order valence-electron chi connectivity index (χ0n) is 31.4. The van der Waals surface area contributed by atoms with E-state index in [-0.39, 0.29) is 0 Å². The summed E-state index contributed by atoms with van der Waals surface area (Å²) in [5, 5.41) is 8.37. The van der Waals surface area contributed by atoms with Gasteiger partial charge in [-0.05, 0) is 120 Å². The molecule has 1 aliphatic rings. The van der Waals surface area contributed by atoms with Crippen LogP contribution in [-0.4, -0.2) is 9.13 Å². The smallest absolute Gasteiger partial charge is 0.135 e. The van der Waals surface area contributed by atoms with Crippen LogP contribution in [-0.2, 0) is 6.42 Å². The first-order valence-electron chi connectivity index (χ1n) is 20.0. The summed E-state index contributed by atoms with van der Waals surface area (Å²) in [7, 11) is 0. The Morgan fingerprint density at radius 3 is 1.59 bits per heavy atom. The van der Waals surface area contributed by atoms with Crippen LogP contribution in [0, 0.1) is 0 Å². The summed E-state index contributed by atoms with van der Waals surface area (Å²) < 4.78 is 17.2. The summed E-state index contributed by atoms with van der Waals surface area (Å²) in [5.41, 5.74) is 17.3. The van der Waals surface area contributed by atoms with E-state index < -0.39 is 0 Å². The van der Waals surface area contributed by atoms with Crippen molar-refractivity contribution in [2.45, 2.75) is 12.8 Å². The van der Waals surface area contributed by atoms with Crippen molar-refractivity contribution in [1.29, 1.82) is 0 Å². The monoisotopic (exact) mass is 742 g/mol. The molecule has 1 aliphatic carbocycles. The first kappa shape index (κ1) is 31.6. The van der Waals surface area contributed by atoms with Crippen molar-refractivity contribution >= 4 is 88.2 Å². The molecule has 4 heterocycles. The lowest BCUT2D eigenvalue weighted by atomic mass is 9.90. The van der Waals surface area contributed by atoms with Crippen molar-refractivity contribution < 1.29 is 8.83 Å². The summed E-state index contributed by atoms with van der Waals surface area (Å²) in [6, 6.07) is 63.5. The maximum atomic E-state index is 6.16. The first-order valence-corrected chi connectivity index (χ1v) is 20.0. The fraction of sp³-hybridized carbons (Fsp3) is 0.0370. The lowest BCUT2D eigenvalue weighted by Gasteiger charge is -2.18. The number of rotatable bonds is 4. The van der Waals surface area contributed by atoms with Gasteiger partial charge in [-0.2, -0.15) is 0 Å². The van der Waals surface area contributed by atoms with Crippen LogP contribution in [0.3, 0.4) is 0 Å². The van der Waals surface area contributed by atoms with Gasteiger partial charge in [-0.15, -0.1) is 0 Å². The van der Waals surface area contributed by atoms with Gasteiger partial charge in [0.05, 0.1) is 16.6 Å². The molecular weight excluding hydrogens is 709 g/mol. The average Bonchev–Trinajstić information content (AvgIpc) is 4.03.